The van der Waals surface area contributed by atoms with E-state index in [2.05, 4.69) is 15.2 Å². The number of amides is 1. The van der Waals surface area contributed by atoms with Gasteiger partial charge in [-0.15, -0.1) is 0 Å². The molecule has 8 heteroatoms. The van der Waals surface area contributed by atoms with Crippen LogP contribution in [0.3, 0.4) is 0 Å². The van der Waals surface area contributed by atoms with Crippen LogP contribution in [0.4, 0.5) is 5.82 Å². The number of nitrogens with zero attached hydrogens (tertiary/aromatic N) is 2. The summed E-state index contributed by atoms with van der Waals surface area (Å²) in [4.78, 5) is 23.6. The summed E-state index contributed by atoms with van der Waals surface area (Å²) in [7, 11) is 2.83. The number of ether oxygens (including phenoxy) is 3. The first-order valence-electron chi connectivity index (χ1n) is 9.51. The van der Waals surface area contributed by atoms with Crippen molar-refractivity contribution in [2.24, 2.45) is 0 Å². The van der Waals surface area contributed by atoms with E-state index in [-0.39, 0.29) is 12.5 Å². The van der Waals surface area contributed by atoms with Gasteiger partial charge in [-0.3, -0.25) is 4.79 Å². The Balaban J connectivity index is 1.59. The number of anilines is 1. The van der Waals surface area contributed by atoms with Gasteiger partial charge in [-0.25, -0.2) is 9.48 Å². The first-order chi connectivity index (χ1) is 14.1. The average Bonchev–Trinajstić information content (AvgIpc) is 3.42. The average molecular weight is 399 g/mol. The molecular formula is C21H25N3O5. The van der Waals surface area contributed by atoms with E-state index in [1.54, 1.807) is 36.5 Å². The van der Waals surface area contributed by atoms with E-state index in [1.165, 1.54) is 33.1 Å². The summed E-state index contributed by atoms with van der Waals surface area (Å²) in [6.07, 6.45) is 9.14. The lowest BCUT2D eigenvalue weighted by atomic mass is 10.2. The predicted molar refractivity (Wildman–Crippen MR) is 108 cm³/mol. The van der Waals surface area contributed by atoms with Gasteiger partial charge in [0.05, 0.1) is 26.5 Å². The van der Waals surface area contributed by atoms with E-state index in [4.69, 9.17) is 9.47 Å². The van der Waals surface area contributed by atoms with Crippen molar-refractivity contribution in [2.75, 3.05) is 26.1 Å². The van der Waals surface area contributed by atoms with E-state index in [1.807, 2.05) is 4.68 Å². The molecule has 0 atom stereocenters. The molecule has 1 aliphatic carbocycles. The summed E-state index contributed by atoms with van der Waals surface area (Å²) in [6.45, 7) is -0.163. The number of hydrogen-bond donors (Lipinski definition) is 1. The van der Waals surface area contributed by atoms with Crippen LogP contribution in [-0.2, 0) is 14.3 Å². The highest BCUT2D eigenvalue weighted by Gasteiger charge is 2.20. The molecule has 0 bridgehead atoms. The predicted octanol–water partition coefficient (Wildman–Crippen LogP) is 3.21. The van der Waals surface area contributed by atoms with Crippen molar-refractivity contribution in [1.29, 1.82) is 0 Å². The zero-order valence-electron chi connectivity index (χ0n) is 16.6. The quantitative estimate of drug-likeness (QED) is 0.541. The minimum atomic E-state index is -0.446. The summed E-state index contributed by atoms with van der Waals surface area (Å²) in [5.41, 5.74) is 0.740. The fourth-order valence-electron chi connectivity index (χ4n) is 3.31. The highest BCUT2D eigenvalue weighted by Crippen LogP contribution is 2.31. The van der Waals surface area contributed by atoms with Crippen molar-refractivity contribution in [3.8, 4) is 11.5 Å². The van der Waals surface area contributed by atoms with Crippen molar-refractivity contribution < 1.29 is 23.8 Å². The molecule has 1 N–H and O–H groups in total. The smallest absolute Gasteiger partial charge is 0.330 e. The molecule has 154 valence electrons. The number of carbonyl (C=O) groups excluding carboxylic acids is 2. The third kappa shape index (κ3) is 5.37. The molecule has 1 heterocycles. The zero-order chi connectivity index (χ0) is 20.6. The molecule has 0 aliphatic heterocycles. The fourth-order valence-corrected chi connectivity index (χ4v) is 3.31. The molecular weight excluding hydrogens is 374 g/mol. The topological polar surface area (TPSA) is 91.7 Å². The Morgan fingerprint density at radius 2 is 2.00 bits per heavy atom. The molecule has 8 nitrogen and oxygen atoms in total. The maximum absolute atomic E-state index is 12.3. The molecule has 0 saturated heterocycles. The van der Waals surface area contributed by atoms with Crippen LogP contribution in [0.25, 0.3) is 6.08 Å². The van der Waals surface area contributed by atoms with Crippen LogP contribution in [0.15, 0.2) is 36.5 Å². The van der Waals surface area contributed by atoms with Gasteiger partial charge in [0.1, 0.15) is 5.82 Å². The number of rotatable bonds is 8. The van der Waals surface area contributed by atoms with Crippen LogP contribution in [0.1, 0.15) is 37.3 Å². The molecule has 29 heavy (non-hydrogen) atoms. The minimum Gasteiger partial charge on any atom is -0.493 e. The number of methoxy groups -OCH3 is 2. The Kier molecular flexibility index (Phi) is 6.89. The lowest BCUT2D eigenvalue weighted by molar-refractivity contribution is -0.134. The Morgan fingerprint density at radius 1 is 1.21 bits per heavy atom. The Bertz CT molecular complexity index is 884. The molecule has 0 radical (unpaired) electrons. The lowest BCUT2D eigenvalue weighted by Crippen LogP contribution is -2.23. The zero-order valence-corrected chi connectivity index (χ0v) is 16.6. The first kappa shape index (κ1) is 20.4. The van der Waals surface area contributed by atoms with E-state index in [9.17, 15) is 9.59 Å². The van der Waals surface area contributed by atoms with Gasteiger partial charge < -0.3 is 19.5 Å². The van der Waals surface area contributed by atoms with Crippen LogP contribution >= 0.6 is 0 Å². The van der Waals surface area contributed by atoms with Crippen LogP contribution in [-0.4, -0.2) is 42.5 Å². The van der Waals surface area contributed by atoms with Crippen LogP contribution in [0.5, 0.6) is 11.5 Å². The molecule has 1 aromatic heterocycles. The number of esters is 1. The molecule has 0 spiro atoms. The molecule has 1 fully saturated rings. The Hall–Kier alpha value is -3.29. The van der Waals surface area contributed by atoms with Crippen LogP contribution in [0, 0.1) is 0 Å². The molecule has 1 aliphatic rings. The molecule has 2 aromatic rings. The maximum Gasteiger partial charge on any atom is 0.330 e. The van der Waals surface area contributed by atoms with Gasteiger partial charge >= 0.3 is 5.97 Å². The van der Waals surface area contributed by atoms with Gasteiger partial charge in [-0.05, 0) is 36.6 Å². The van der Waals surface area contributed by atoms with Gasteiger partial charge in [0, 0.05) is 12.1 Å². The van der Waals surface area contributed by atoms with E-state index in [0.29, 0.717) is 23.4 Å². The van der Waals surface area contributed by atoms with Crippen molar-refractivity contribution in [3.63, 3.8) is 0 Å². The molecule has 1 amide bonds. The van der Waals surface area contributed by atoms with E-state index < -0.39 is 5.97 Å². The van der Waals surface area contributed by atoms with Crippen LogP contribution in [0.2, 0.25) is 0 Å². The normalized spacial score (nSPS) is 14.1. The Labute approximate surface area is 169 Å². The van der Waals surface area contributed by atoms with Gasteiger partial charge in [0.2, 0.25) is 0 Å². The van der Waals surface area contributed by atoms with Crippen molar-refractivity contribution >= 4 is 23.8 Å². The largest absolute Gasteiger partial charge is 0.493 e. The third-order valence-electron chi connectivity index (χ3n) is 4.77. The summed E-state index contributed by atoms with van der Waals surface area (Å²) in [5, 5.41) is 7.20. The van der Waals surface area contributed by atoms with Crippen molar-refractivity contribution in [2.45, 2.75) is 31.7 Å². The summed E-state index contributed by atoms with van der Waals surface area (Å²) in [6, 6.07) is 7.28. The minimum absolute atomic E-state index is 0.163. The number of aromatic nitrogens is 2. The second kappa shape index (κ2) is 9.77. The van der Waals surface area contributed by atoms with Crippen molar-refractivity contribution in [3.05, 3.63) is 42.1 Å². The van der Waals surface area contributed by atoms with Gasteiger partial charge in [0.15, 0.2) is 18.1 Å². The first-order valence-corrected chi connectivity index (χ1v) is 9.51. The fraction of sp³-hybridized carbons (Fsp3) is 0.381. The molecule has 1 aromatic carbocycles. The Morgan fingerprint density at radius 3 is 2.72 bits per heavy atom. The highest BCUT2D eigenvalue weighted by atomic mass is 16.5. The van der Waals surface area contributed by atoms with Gasteiger partial charge in [-0.2, -0.15) is 5.10 Å². The van der Waals surface area contributed by atoms with Crippen molar-refractivity contribution in [1.82, 2.24) is 9.78 Å². The SMILES string of the molecule is COC(=O)/C=C/c1ccc(OCC(=O)Nc2ccnn2C2CCCC2)c(OC)c1. The number of benzene rings is 1. The van der Waals surface area contributed by atoms with E-state index >= 15 is 0 Å². The third-order valence-corrected chi connectivity index (χ3v) is 4.77. The molecule has 3 rings (SSSR count). The summed E-state index contributed by atoms with van der Waals surface area (Å²) >= 11 is 0. The molecule has 0 unspecified atom stereocenters. The second-order valence-electron chi connectivity index (χ2n) is 6.70. The van der Waals surface area contributed by atoms with Gasteiger partial charge in [0.25, 0.3) is 5.91 Å². The lowest BCUT2D eigenvalue weighted by Gasteiger charge is -2.15. The monoisotopic (exact) mass is 399 g/mol. The number of hydrogen-bond acceptors (Lipinski definition) is 6. The summed E-state index contributed by atoms with van der Waals surface area (Å²) < 4.78 is 17.4. The number of carbonyl (C=O) groups is 2. The standard InChI is InChI=1S/C21H25N3O5/c1-27-18-13-15(8-10-21(26)28-2)7-9-17(18)29-14-20(25)23-19-11-12-22-24(19)16-5-3-4-6-16/h7-13,16H,3-6,14H2,1-2H3,(H,23,25)/b10-8+. The molecule has 1 saturated carbocycles. The second-order valence-corrected chi connectivity index (χ2v) is 6.70. The summed E-state index contributed by atoms with van der Waals surface area (Å²) in [5.74, 6) is 0.850. The van der Waals surface area contributed by atoms with Gasteiger partial charge in [-0.1, -0.05) is 18.9 Å². The number of nitrogens with one attached hydrogen (secondary N) is 1. The van der Waals surface area contributed by atoms with E-state index in [0.717, 1.165) is 18.4 Å². The van der Waals surface area contributed by atoms with Crippen LogP contribution < -0.4 is 14.8 Å². The maximum atomic E-state index is 12.3. The highest BCUT2D eigenvalue weighted by molar-refractivity contribution is 5.91.